The van der Waals surface area contributed by atoms with Gasteiger partial charge in [-0.3, -0.25) is 5.32 Å². The summed E-state index contributed by atoms with van der Waals surface area (Å²) in [4.78, 5) is 21.6. The molecule has 0 aromatic carbocycles. The van der Waals surface area contributed by atoms with Crippen LogP contribution in [0.1, 0.15) is 30.1 Å². The molecule has 0 saturated heterocycles. The van der Waals surface area contributed by atoms with Gasteiger partial charge in [-0.15, -0.1) is 22.7 Å². The number of urea groups is 1. The molecule has 0 atom stereocenters. The van der Waals surface area contributed by atoms with Crippen molar-refractivity contribution in [3.8, 4) is 10.8 Å². The topological polar surface area (TPSA) is 80.0 Å². The number of rotatable bonds is 5. The van der Waals surface area contributed by atoms with Crippen LogP contribution in [0.2, 0.25) is 0 Å². The molecule has 0 bridgehead atoms. The van der Waals surface area contributed by atoms with E-state index in [-0.39, 0.29) is 6.03 Å². The molecule has 3 aromatic rings. The molecule has 1 aliphatic carbocycles. The number of nitrogens with one attached hydrogen (secondary N) is 2. The van der Waals surface area contributed by atoms with Crippen LogP contribution in [0.3, 0.4) is 0 Å². The van der Waals surface area contributed by atoms with E-state index in [0.29, 0.717) is 29.2 Å². The van der Waals surface area contributed by atoms with Gasteiger partial charge in [-0.2, -0.15) is 0 Å². The van der Waals surface area contributed by atoms with Crippen molar-refractivity contribution in [1.82, 2.24) is 15.3 Å². The van der Waals surface area contributed by atoms with Gasteiger partial charge in [0.1, 0.15) is 6.26 Å². The second-order valence-electron chi connectivity index (χ2n) is 5.28. The predicted octanol–water partition coefficient (Wildman–Crippen LogP) is 4.06. The lowest BCUT2D eigenvalue weighted by Crippen LogP contribution is -2.28. The quantitative estimate of drug-likeness (QED) is 0.730. The second-order valence-corrected chi connectivity index (χ2v) is 7.09. The Labute approximate surface area is 140 Å². The van der Waals surface area contributed by atoms with E-state index >= 15 is 0 Å². The molecule has 0 aliphatic heterocycles. The highest BCUT2D eigenvalue weighted by Crippen LogP contribution is 2.40. The summed E-state index contributed by atoms with van der Waals surface area (Å²) in [5.41, 5.74) is 1.77. The summed E-state index contributed by atoms with van der Waals surface area (Å²) in [6.07, 6.45) is 3.96. The standard InChI is InChI=1S/C15H14N4O2S2/c20-14(19-15-18-11(8-23-15)9-3-4-9)16-6-10-7-21-13(17-10)12-2-1-5-22-12/h1-2,5,7-9H,3-4,6H2,(H2,16,18,19,20). The Bertz CT molecular complexity index is 805. The molecule has 1 saturated carbocycles. The Morgan fingerprint density at radius 2 is 2.26 bits per heavy atom. The van der Waals surface area contributed by atoms with E-state index in [4.69, 9.17) is 4.42 Å². The first kappa shape index (κ1) is 14.4. The number of oxazole rings is 1. The van der Waals surface area contributed by atoms with Crippen LogP contribution in [0.4, 0.5) is 9.93 Å². The predicted molar refractivity (Wildman–Crippen MR) is 89.8 cm³/mol. The number of thiophene rings is 1. The molecule has 6 nitrogen and oxygen atoms in total. The van der Waals surface area contributed by atoms with Crippen molar-refractivity contribution < 1.29 is 9.21 Å². The minimum atomic E-state index is -0.289. The summed E-state index contributed by atoms with van der Waals surface area (Å²) in [5.74, 6) is 1.17. The highest BCUT2D eigenvalue weighted by molar-refractivity contribution is 7.14. The largest absolute Gasteiger partial charge is 0.443 e. The average molecular weight is 346 g/mol. The fourth-order valence-electron chi connectivity index (χ4n) is 2.12. The molecular weight excluding hydrogens is 332 g/mol. The summed E-state index contributed by atoms with van der Waals surface area (Å²) in [6.45, 7) is 0.307. The van der Waals surface area contributed by atoms with Crippen LogP contribution >= 0.6 is 22.7 Å². The van der Waals surface area contributed by atoms with Gasteiger partial charge in [-0.25, -0.2) is 14.8 Å². The number of hydrogen-bond acceptors (Lipinski definition) is 6. The van der Waals surface area contributed by atoms with Crippen LogP contribution in [0, 0.1) is 0 Å². The zero-order valence-corrected chi connectivity index (χ0v) is 13.7. The Kier molecular flexibility index (Phi) is 3.84. The molecule has 0 unspecified atom stereocenters. The fraction of sp³-hybridized carbons (Fsp3) is 0.267. The van der Waals surface area contributed by atoms with Crippen molar-refractivity contribution in [2.45, 2.75) is 25.3 Å². The summed E-state index contributed by atoms with van der Waals surface area (Å²) in [5, 5.41) is 10.1. The van der Waals surface area contributed by atoms with Crippen LogP contribution in [0.15, 0.2) is 33.6 Å². The monoisotopic (exact) mass is 346 g/mol. The normalized spacial score (nSPS) is 13.9. The molecule has 1 aliphatic rings. The maximum absolute atomic E-state index is 11.9. The number of nitrogens with zero attached hydrogens (tertiary/aromatic N) is 2. The lowest BCUT2D eigenvalue weighted by molar-refractivity contribution is 0.251. The minimum absolute atomic E-state index is 0.289. The van der Waals surface area contributed by atoms with Gasteiger partial charge in [0.2, 0.25) is 5.89 Å². The van der Waals surface area contributed by atoms with E-state index in [2.05, 4.69) is 20.6 Å². The molecule has 4 rings (SSSR count). The molecule has 8 heteroatoms. The van der Waals surface area contributed by atoms with Crippen LogP contribution < -0.4 is 10.6 Å². The summed E-state index contributed by atoms with van der Waals surface area (Å²) >= 11 is 3.02. The van der Waals surface area contributed by atoms with Crippen molar-refractivity contribution in [1.29, 1.82) is 0 Å². The zero-order chi connectivity index (χ0) is 15.6. The summed E-state index contributed by atoms with van der Waals surface area (Å²) in [6, 6.07) is 3.60. The highest BCUT2D eigenvalue weighted by atomic mass is 32.1. The van der Waals surface area contributed by atoms with Gasteiger partial charge in [0.15, 0.2) is 5.13 Å². The smallest absolute Gasteiger partial charge is 0.321 e. The van der Waals surface area contributed by atoms with Crippen molar-refractivity contribution in [3.63, 3.8) is 0 Å². The molecule has 0 radical (unpaired) electrons. The van der Waals surface area contributed by atoms with Crippen molar-refractivity contribution in [2.75, 3.05) is 5.32 Å². The summed E-state index contributed by atoms with van der Waals surface area (Å²) < 4.78 is 5.41. The first-order chi connectivity index (χ1) is 11.3. The maximum Gasteiger partial charge on any atom is 0.321 e. The van der Waals surface area contributed by atoms with Gasteiger partial charge in [0.25, 0.3) is 0 Å². The molecule has 118 valence electrons. The van der Waals surface area contributed by atoms with E-state index in [1.54, 1.807) is 17.6 Å². The van der Waals surface area contributed by atoms with Crippen molar-refractivity contribution in [3.05, 3.63) is 40.5 Å². The van der Waals surface area contributed by atoms with E-state index in [1.807, 2.05) is 22.9 Å². The number of aromatic nitrogens is 2. The number of hydrogen-bond donors (Lipinski definition) is 2. The first-order valence-electron chi connectivity index (χ1n) is 7.26. The van der Waals surface area contributed by atoms with Crippen molar-refractivity contribution >= 4 is 33.8 Å². The van der Waals surface area contributed by atoms with Crippen LogP contribution in [0.25, 0.3) is 10.8 Å². The first-order valence-corrected chi connectivity index (χ1v) is 9.02. The van der Waals surface area contributed by atoms with Crippen LogP contribution in [-0.2, 0) is 6.54 Å². The highest BCUT2D eigenvalue weighted by Gasteiger charge is 2.26. The number of thiazole rings is 1. The Hall–Kier alpha value is -2.19. The fourth-order valence-corrected chi connectivity index (χ4v) is 3.57. The van der Waals surface area contributed by atoms with Gasteiger partial charge in [-0.1, -0.05) is 6.07 Å². The van der Waals surface area contributed by atoms with Crippen LogP contribution in [0.5, 0.6) is 0 Å². The molecule has 1 fully saturated rings. The second kappa shape index (κ2) is 6.13. The third-order valence-corrected chi connectivity index (χ3v) is 5.09. The Morgan fingerprint density at radius 3 is 3.04 bits per heavy atom. The van der Waals surface area contributed by atoms with Crippen LogP contribution in [-0.4, -0.2) is 16.0 Å². The molecule has 0 spiro atoms. The van der Waals surface area contributed by atoms with Gasteiger partial charge in [-0.05, 0) is 24.3 Å². The zero-order valence-electron chi connectivity index (χ0n) is 12.1. The molecule has 2 amide bonds. The Balaban J connectivity index is 1.30. The number of carbonyl (C=O) groups is 1. The molecule has 23 heavy (non-hydrogen) atoms. The molecule has 3 aromatic heterocycles. The van der Waals surface area contributed by atoms with Crippen molar-refractivity contribution in [2.24, 2.45) is 0 Å². The molecular formula is C15H14N4O2S2. The van der Waals surface area contributed by atoms with Gasteiger partial charge >= 0.3 is 6.03 Å². The lowest BCUT2D eigenvalue weighted by atomic mass is 10.3. The average Bonchev–Trinajstić information content (AvgIpc) is 3.00. The van der Waals surface area contributed by atoms with Gasteiger partial charge in [0.05, 0.1) is 22.8 Å². The minimum Gasteiger partial charge on any atom is -0.443 e. The Morgan fingerprint density at radius 1 is 1.35 bits per heavy atom. The van der Waals surface area contributed by atoms with Gasteiger partial charge < -0.3 is 9.73 Å². The summed E-state index contributed by atoms with van der Waals surface area (Å²) in [7, 11) is 0. The van der Waals surface area contributed by atoms with E-state index in [0.717, 1.165) is 10.6 Å². The molecule has 2 N–H and O–H groups in total. The maximum atomic E-state index is 11.9. The van der Waals surface area contributed by atoms with E-state index < -0.39 is 0 Å². The SMILES string of the molecule is O=C(NCc1coc(-c2cccs2)n1)Nc1nc(C2CC2)cs1. The van der Waals surface area contributed by atoms with E-state index in [1.165, 1.54) is 24.2 Å². The lowest BCUT2D eigenvalue weighted by Gasteiger charge is -2.02. The molecule has 3 heterocycles. The van der Waals surface area contributed by atoms with E-state index in [9.17, 15) is 4.79 Å². The third kappa shape index (κ3) is 3.43. The third-order valence-electron chi connectivity index (χ3n) is 3.45. The number of anilines is 1. The number of amides is 2. The number of carbonyl (C=O) groups excluding carboxylic acids is 1. The van der Waals surface area contributed by atoms with Gasteiger partial charge in [0, 0.05) is 11.3 Å².